The van der Waals surface area contributed by atoms with E-state index >= 15 is 0 Å². The highest BCUT2D eigenvalue weighted by molar-refractivity contribution is 6.07. The van der Waals surface area contributed by atoms with Crippen LogP contribution in [0.5, 0.6) is 0 Å². The standard InChI is InChI=1S/C20H16F3N3O/c1-12-15(11-24-26(12)18-7-3-2-6-16(18)22)20(27)25-8-4-5-13-9-14(21)10-17(23)19(13)25/h2-3,6-7,9-11H,4-5,8H2,1H3. The highest BCUT2D eigenvalue weighted by Gasteiger charge is 2.29. The minimum Gasteiger partial charge on any atom is -0.305 e. The van der Waals surface area contributed by atoms with Gasteiger partial charge in [-0.2, -0.15) is 5.10 Å². The number of carbonyl (C=O) groups is 1. The van der Waals surface area contributed by atoms with Crippen LogP contribution in [0.25, 0.3) is 5.69 Å². The summed E-state index contributed by atoms with van der Waals surface area (Å²) in [6.45, 7) is 1.97. The maximum absolute atomic E-state index is 14.4. The van der Waals surface area contributed by atoms with Crippen LogP contribution < -0.4 is 4.90 Å². The number of amides is 1. The number of halogens is 3. The fourth-order valence-electron chi connectivity index (χ4n) is 3.49. The summed E-state index contributed by atoms with van der Waals surface area (Å²) in [6.07, 6.45) is 2.45. The van der Waals surface area contributed by atoms with Crippen LogP contribution in [0, 0.1) is 24.4 Å². The second-order valence-electron chi connectivity index (χ2n) is 6.46. The second kappa shape index (κ2) is 6.57. The summed E-state index contributed by atoms with van der Waals surface area (Å²) >= 11 is 0. The lowest BCUT2D eigenvalue weighted by atomic mass is 10.00. The van der Waals surface area contributed by atoms with Crippen molar-refractivity contribution in [3.63, 3.8) is 0 Å². The summed E-state index contributed by atoms with van der Waals surface area (Å²) in [5, 5.41) is 4.13. The van der Waals surface area contributed by atoms with E-state index < -0.39 is 23.4 Å². The first kappa shape index (κ1) is 17.3. The van der Waals surface area contributed by atoms with Crippen LogP contribution in [0.15, 0.2) is 42.6 Å². The Morgan fingerprint density at radius 1 is 1.11 bits per heavy atom. The Morgan fingerprint density at radius 3 is 2.67 bits per heavy atom. The molecule has 0 N–H and O–H groups in total. The highest BCUT2D eigenvalue weighted by atomic mass is 19.1. The molecule has 1 aromatic heterocycles. The molecule has 0 spiro atoms. The van der Waals surface area contributed by atoms with E-state index in [2.05, 4.69) is 5.10 Å². The van der Waals surface area contributed by atoms with Gasteiger partial charge in [0.1, 0.15) is 23.1 Å². The number of benzene rings is 2. The van der Waals surface area contributed by atoms with Crippen molar-refractivity contribution in [2.24, 2.45) is 0 Å². The van der Waals surface area contributed by atoms with Crippen molar-refractivity contribution in [1.82, 2.24) is 9.78 Å². The van der Waals surface area contributed by atoms with E-state index in [1.54, 1.807) is 25.1 Å². The predicted octanol–water partition coefficient (Wildman–Crippen LogP) is 4.19. The topological polar surface area (TPSA) is 38.1 Å². The van der Waals surface area contributed by atoms with Crippen LogP contribution in [-0.4, -0.2) is 22.2 Å². The van der Waals surface area contributed by atoms with Gasteiger partial charge < -0.3 is 4.90 Å². The van der Waals surface area contributed by atoms with E-state index in [-0.39, 0.29) is 16.9 Å². The molecule has 2 heterocycles. The summed E-state index contributed by atoms with van der Waals surface area (Å²) in [5.41, 5.74) is 1.48. The predicted molar refractivity (Wildman–Crippen MR) is 94.6 cm³/mol. The van der Waals surface area contributed by atoms with Crippen molar-refractivity contribution in [3.8, 4) is 5.69 Å². The SMILES string of the molecule is Cc1c(C(=O)N2CCCc3cc(F)cc(F)c32)cnn1-c1ccccc1F. The molecule has 2 aromatic carbocycles. The van der Waals surface area contributed by atoms with Crippen LogP contribution in [-0.2, 0) is 6.42 Å². The third-order valence-electron chi connectivity index (χ3n) is 4.77. The Kier molecular flexibility index (Phi) is 4.22. The summed E-state index contributed by atoms with van der Waals surface area (Å²) in [6, 6.07) is 8.14. The fraction of sp³-hybridized carbons (Fsp3) is 0.200. The first-order valence-electron chi connectivity index (χ1n) is 8.56. The molecule has 0 bridgehead atoms. The average molecular weight is 371 g/mol. The van der Waals surface area contributed by atoms with Gasteiger partial charge in [-0.3, -0.25) is 4.79 Å². The Bertz CT molecular complexity index is 1040. The van der Waals surface area contributed by atoms with Crippen molar-refractivity contribution >= 4 is 11.6 Å². The number of fused-ring (bicyclic) bond motifs is 1. The summed E-state index contributed by atoms with van der Waals surface area (Å²) < 4.78 is 43.3. The van der Waals surface area contributed by atoms with Crippen molar-refractivity contribution in [1.29, 1.82) is 0 Å². The molecule has 0 radical (unpaired) electrons. The molecule has 0 atom stereocenters. The van der Waals surface area contributed by atoms with Gasteiger partial charge in [0.2, 0.25) is 0 Å². The minimum absolute atomic E-state index is 0.102. The molecule has 27 heavy (non-hydrogen) atoms. The second-order valence-corrected chi connectivity index (χ2v) is 6.46. The van der Waals surface area contributed by atoms with E-state index in [0.29, 0.717) is 30.6 Å². The number of anilines is 1. The van der Waals surface area contributed by atoms with Crippen LogP contribution in [0.3, 0.4) is 0 Å². The lowest BCUT2D eigenvalue weighted by Crippen LogP contribution is -2.36. The quantitative estimate of drug-likeness (QED) is 0.677. The van der Waals surface area contributed by atoms with Crippen molar-refractivity contribution < 1.29 is 18.0 Å². The minimum atomic E-state index is -0.766. The van der Waals surface area contributed by atoms with Gasteiger partial charge in [0.05, 0.1) is 23.1 Å². The Hall–Kier alpha value is -3.09. The molecule has 0 saturated heterocycles. The smallest absolute Gasteiger partial charge is 0.261 e. The number of hydrogen-bond acceptors (Lipinski definition) is 2. The van der Waals surface area contributed by atoms with Gasteiger partial charge in [-0.15, -0.1) is 0 Å². The van der Waals surface area contributed by atoms with Crippen LogP contribution >= 0.6 is 0 Å². The van der Waals surface area contributed by atoms with Gasteiger partial charge in [-0.05, 0) is 43.5 Å². The van der Waals surface area contributed by atoms with Crippen molar-refractivity contribution in [3.05, 3.63) is 76.9 Å². The van der Waals surface area contributed by atoms with Crippen LogP contribution in [0.4, 0.5) is 18.9 Å². The number of hydrogen-bond donors (Lipinski definition) is 0. The summed E-state index contributed by atoms with van der Waals surface area (Å²) in [7, 11) is 0. The Balaban J connectivity index is 1.75. The molecule has 138 valence electrons. The fourth-order valence-corrected chi connectivity index (χ4v) is 3.49. The molecule has 0 fully saturated rings. The molecule has 4 nitrogen and oxygen atoms in total. The van der Waals surface area contributed by atoms with E-state index in [1.807, 2.05) is 0 Å². The number of para-hydroxylation sites is 1. The van der Waals surface area contributed by atoms with Gasteiger partial charge >= 0.3 is 0 Å². The highest BCUT2D eigenvalue weighted by Crippen LogP contribution is 2.32. The zero-order chi connectivity index (χ0) is 19.1. The number of carbonyl (C=O) groups excluding carboxylic acids is 1. The average Bonchev–Trinajstić information content (AvgIpc) is 3.02. The molecule has 1 aliphatic rings. The van der Waals surface area contributed by atoms with Gasteiger partial charge in [0, 0.05) is 12.6 Å². The molecule has 0 aliphatic carbocycles. The number of rotatable bonds is 2. The van der Waals surface area contributed by atoms with E-state index in [4.69, 9.17) is 0 Å². The monoisotopic (exact) mass is 371 g/mol. The van der Waals surface area contributed by atoms with Crippen LogP contribution in [0.1, 0.15) is 28.0 Å². The summed E-state index contributed by atoms with van der Waals surface area (Å²) in [5.74, 6) is -2.34. The first-order chi connectivity index (χ1) is 13.0. The van der Waals surface area contributed by atoms with E-state index in [0.717, 1.165) is 6.07 Å². The normalized spacial score (nSPS) is 13.6. The number of aromatic nitrogens is 2. The summed E-state index contributed by atoms with van der Waals surface area (Å²) in [4.78, 5) is 14.4. The molecule has 0 saturated carbocycles. The number of nitrogens with zero attached hydrogens (tertiary/aromatic N) is 3. The maximum atomic E-state index is 14.4. The lowest BCUT2D eigenvalue weighted by Gasteiger charge is -2.29. The van der Waals surface area contributed by atoms with Gasteiger partial charge in [0.25, 0.3) is 5.91 Å². The largest absolute Gasteiger partial charge is 0.305 e. The molecule has 7 heteroatoms. The Morgan fingerprint density at radius 2 is 1.89 bits per heavy atom. The van der Waals surface area contributed by atoms with Crippen molar-refractivity contribution in [2.45, 2.75) is 19.8 Å². The van der Waals surface area contributed by atoms with Gasteiger partial charge in [-0.25, -0.2) is 17.9 Å². The van der Waals surface area contributed by atoms with Crippen molar-refractivity contribution in [2.75, 3.05) is 11.4 Å². The van der Waals surface area contributed by atoms with Gasteiger partial charge in [0.15, 0.2) is 0 Å². The van der Waals surface area contributed by atoms with E-state index in [1.165, 1.54) is 27.9 Å². The third kappa shape index (κ3) is 2.89. The van der Waals surface area contributed by atoms with Crippen LogP contribution in [0.2, 0.25) is 0 Å². The zero-order valence-corrected chi connectivity index (χ0v) is 14.5. The molecule has 1 aliphatic heterocycles. The molecule has 4 rings (SSSR count). The lowest BCUT2D eigenvalue weighted by molar-refractivity contribution is 0.0983. The first-order valence-corrected chi connectivity index (χ1v) is 8.56. The van der Waals surface area contributed by atoms with Gasteiger partial charge in [-0.1, -0.05) is 12.1 Å². The maximum Gasteiger partial charge on any atom is 0.261 e. The third-order valence-corrected chi connectivity index (χ3v) is 4.77. The van der Waals surface area contributed by atoms with E-state index in [9.17, 15) is 18.0 Å². The zero-order valence-electron chi connectivity index (χ0n) is 14.5. The molecule has 3 aromatic rings. The Labute approximate surface area is 153 Å². The molecular formula is C20H16F3N3O. The molecule has 1 amide bonds. The molecule has 0 unspecified atom stereocenters. The molecular weight excluding hydrogens is 355 g/mol. The number of aryl methyl sites for hydroxylation is 1.